The van der Waals surface area contributed by atoms with E-state index >= 15 is 0 Å². The quantitative estimate of drug-likeness (QED) is 0.655. The van der Waals surface area contributed by atoms with Gasteiger partial charge in [0.05, 0.1) is 28.3 Å². The van der Waals surface area contributed by atoms with Gasteiger partial charge in [-0.2, -0.15) is 4.99 Å². The Kier molecular flexibility index (Phi) is 6.16. The van der Waals surface area contributed by atoms with Crippen LogP contribution in [0.5, 0.6) is 0 Å². The number of carbonyl (C=O) groups is 2. The number of fused-ring (bicyclic) bond motifs is 1. The normalized spacial score (nSPS) is 25.0. The molecule has 3 rings (SSSR count). The number of amidine groups is 1. The van der Waals surface area contributed by atoms with Crippen molar-refractivity contribution in [1.29, 1.82) is 0 Å². The number of hydrogen-bond acceptors (Lipinski definition) is 6. The van der Waals surface area contributed by atoms with Crippen molar-refractivity contribution in [2.75, 3.05) is 29.6 Å². The molecule has 0 radical (unpaired) electrons. The number of carbonyl (C=O) groups excluding carboxylic acids is 1. The van der Waals surface area contributed by atoms with Gasteiger partial charge in [-0.15, -0.1) is 0 Å². The Balaban J connectivity index is 1.89. The smallest absolute Gasteiger partial charge is 0.329 e. The van der Waals surface area contributed by atoms with Crippen LogP contribution in [0.3, 0.4) is 0 Å². The number of halogens is 2. The van der Waals surface area contributed by atoms with Crippen molar-refractivity contribution >= 4 is 71.9 Å². The van der Waals surface area contributed by atoms with Crippen molar-refractivity contribution in [3.05, 3.63) is 27.7 Å². The van der Waals surface area contributed by atoms with Crippen molar-refractivity contribution in [3.8, 4) is 0 Å². The Bertz CT molecular complexity index is 923. The number of rotatable bonds is 5. The van der Waals surface area contributed by atoms with Crippen LogP contribution in [0, 0.1) is 0 Å². The topological polar surface area (TPSA) is 113 Å². The number of ether oxygens (including phenoxy) is 1. The molecule has 2 aliphatic heterocycles. The summed E-state index contributed by atoms with van der Waals surface area (Å²) in [5.41, 5.74) is 0.551. The number of thioether (sulfide) groups is 1. The van der Waals surface area contributed by atoms with Gasteiger partial charge in [0, 0.05) is 9.72 Å². The van der Waals surface area contributed by atoms with Crippen LogP contribution in [0.2, 0.25) is 5.02 Å². The summed E-state index contributed by atoms with van der Waals surface area (Å²) in [4.78, 5) is 28.2. The molecule has 0 unspecified atom stereocenters. The van der Waals surface area contributed by atoms with Gasteiger partial charge in [-0.1, -0.05) is 39.3 Å². The van der Waals surface area contributed by atoms with Crippen molar-refractivity contribution < 1.29 is 27.9 Å². The Morgan fingerprint density at radius 2 is 2.11 bits per heavy atom. The van der Waals surface area contributed by atoms with Crippen LogP contribution in [-0.4, -0.2) is 66.6 Å². The van der Waals surface area contributed by atoms with E-state index in [2.05, 4.69) is 20.9 Å². The molecule has 1 aromatic carbocycles. The van der Waals surface area contributed by atoms with Gasteiger partial charge in [0.25, 0.3) is 5.91 Å². The number of sulfone groups is 1. The minimum absolute atomic E-state index is 0.00426. The number of anilines is 1. The first-order valence-electron chi connectivity index (χ1n) is 7.69. The molecular weight excluding hydrogens is 484 g/mol. The summed E-state index contributed by atoms with van der Waals surface area (Å²) in [6.07, 6.45) is 0. The lowest BCUT2D eigenvalue weighted by atomic mass is 10.2. The van der Waals surface area contributed by atoms with E-state index in [1.54, 1.807) is 23.1 Å². The highest BCUT2D eigenvalue weighted by atomic mass is 79.9. The summed E-state index contributed by atoms with van der Waals surface area (Å²) >= 11 is 10.9. The molecule has 0 saturated carbocycles. The predicted octanol–water partition coefficient (Wildman–Crippen LogP) is 1.81. The van der Waals surface area contributed by atoms with E-state index in [9.17, 15) is 18.0 Å². The van der Waals surface area contributed by atoms with Gasteiger partial charge < -0.3 is 14.7 Å². The molecule has 0 aliphatic carbocycles. The van der Waals surface area contributed by atoms with Crippen LogP contribution in [0.25, 0.3) is 0 Å². The SMILES string of the molecule is O=C(O)COCC(=O)N=C1S[C@@H]2CS(=O)(=O)C[C@@H]2N1c1ccc(Br)cc1Cl. The summed E-state index contributed by atoms with van der Waals surface area (Å²) in [7, 11) is -3.19. The second-order valence-electron chi connectivity index (χ2n) is 5.94. The number of hydrogen-bond donors (Lipinski definition) is 1. The number of aliphatic imine (C=N–C) groups is 1. The van der Waals surface area contributed by atoms with Gasteiger partial charge in [0.15, 0.2) is 15.0 Å². The lowest BCUT2D eigenvalue weighted by Crippen LogP contribution is -2.38. The Morgan fingerprint density at radius 1 is 1.37 bits per heavy atom. The highest BCUT2D eigenvalue weighted by Crippen LogP contribution is 2.43. The number of carboxylic acids is 1. The van der Waals surface area contributed by atoms with Gasteiger partial charge in [-0.3, -0.25) is 4.79 Å². The molecule has 0 aromatic heterocycles. The monoisotopic (exact) mass is 496 g/mol. The van der Waals surface area contributed by atoms with Crippen LogP contribution in [-0.2, 0) is 24.2 Å². The van der Waals surface area contributed by atoms with Crippen LogP contribution < -0.4 is 4.90 Å². The fourth-order valence-corrected chi connectivity index (χ4v) is 7.58. The molecule has 27 heavy (non-hydrogen) atoms. The van der Waals surface area contributed by atoms with Crippen molar-refractivity contribution in [2.45, 2.75) is 11.3 Å². The standard InChI is InChI=1S/C15H14BrClN2O6S2/c16-8-1-2-10(9(17)3-8)19-11-6-27(23,24)7-12(11)26-15(19)18-13(20)4-25-5-14(21)22/h1-3,11-12H,4-7H2,(H,21,22)/t11-,12+/m0/s1. The highest BCUT2D eigenvalue weighted by Gasteiger charge is 2.49. The lowest BCUT2D eigenvalue weighted by molar-refractivity contribution is -0.143. The minimum Gasteiger partial charge on any atom is -0.480 e. The third-order valence-electron chi connectivity index (χ3n) is 3.91. The van der Waals surface area contributed by atoms with E-state index in [4.69, 9.17) is 21.4 Å². The van der Waals surface area contributed by atoms with E-state index < -0.39 is 34.9 Å². The van der Waals surface area contributed by atoms with Crippen LogP contribution >= 0.6 is 39.3 Å². The molecule has 146 valence electrons. The molecule has 2 fully saturated rings. The Morgan fingerprint density at radius 3 is 2.78 bits per heavy atom. The molecule has 12 heteroatoms. The number of amides is 1. The zero-order valence-corrected chi connectivity index (χ0v) is 17.6. The number of carboxylic acid groups (broad SMARTS) is 1. The van der Waals surface area contributed by atoms with E-state index in [0.29, 0.717) is 15.9 Å². The molecule has 2 aliphatic rings. The fourth-order valence-electron chi connectivity index (χ4n) is 2.89. The minimum atomic E-state index is -3.19. The van der Waals surface area contributed by atoms with Gasteiger partial charge in [-0.05, 0) is 18.2 Å². The van der Waals surface area contributed by atoms with Crippen LogP contribution in [0.1, 0.15) is 0 Å². The van der Waals surface area contributed by atoms with Gasteiger partial charge >= 0.3 is 5.97 Å². The maximum atomic E-state index is 12.0. The van der Waals surface area contributed by atoms with E-state index in [-0.39, 0.29) is 22.8 Å². The number of aliphatic carboxylic acids is 1. The average Bonchev–Trinajstić information content (AvgIpc) is 2.98. The molecule has 2 atom stereocenters. The van der Waals surface area contributed by atoms with Gasteiger partial charge in [-0.25, -0.2) is 13.2 Å². The molecule has 1 amide bonds. The second-order valence-corrected chi connectivity index (χ2v) is 10.6. The van der Waals surface area contributed by atoms with Crippen molar-refractivity contribution in [2.24, 2.45) is 4.99 Å². The summed E-state index contributed by atoms with van der Waals surface area (Å²) in [6, 6.07) is 4.78. The third-order valence-corrected chi connectivity index (χ3v) is 7.91. The number of benzene rings is 1. The molecule has 1 N–H and O–H groups in total. The maximum absolute atomic E-state index is 12.0. The first-order valence-corrected chi connectivity index (χ1v) is 11.6. The van der Waals surface area contributed by atoms with E-state index in [0.717, 1.165) is 4.47 Å². The largest absolute Gasteiger partial charge is 0.480 e. The van der Waals surface area contributed by atoms with Gasteiger partial charge in [0.2, 0.25) is 0 Å². The third kappa shape index (κ3) is 4.83. The summed E-state index contributed by atoms with van der Waals surface area (Å²) in [5, 5.41) is 9.00. The Hall–Kier alpha value is -1.14. The first kappa shape index (κ1) is 20.6. The zero-order chi connectivity index (χ0) is 19.8. The predicted molar refractivity (Wildman–Crippen MR) is 106 cm³/mol. The highest BCUT2D eigenvalue weighted by molar-refractivity contribution is 9.10. The molecular formula is C15H14BrClN2O6S2. The zero-order valence-electron chi connectivity index (χ0n) is 13.7. The molecule has 1 aromatic rings. The Labute approximate surface area is 173 Å². The lowest BCUT2D eigenvalue weighted by Gasteiger charge is -2.25. The molecule has 0 spiro atoms. The van der Waals surface area contributed by atoms with Gasteiger partial charge in [0.1, 0.15) is 13.2 Å². The summed E-state index contributed by atoms with van der Waals surface area (Å²) < 4.78 is 29.6. The van der Waals surface area contributed by atoms with Crippen LogP contribution in [0.4, 0.5) is 5.69 Å². The number of nitrogens with zero attached hydrogens (tertiary/aromatic N) is 2. The van der Waals surface area contributed by atoms with E-state index in [1.165, 1.54) is 11.8 Å². The molecule has 2 heterocycles. The fraction of sp³-hybridized carbons (Fsp3) is 0.400. The average molecular weight is 498 g/mol. The van der Waals surface area contributed by atoms with Crippen molar-refractivity contribution in [1.82, 2.24) is 0 Å². The van der Waals surface area contributed by atoms with Crippen LogP contribution in [0.15, 0.2) is 27.7 Å². The van der Waals surface area contributed by atoms with Crippen molar-refractivity contribution in [3.63, 3.8) is 0 Å². The van der Waals surface area contributed by atoms with E-state index in [1.807, 2.05) is 0 Å². The summed E-state index contributed by atoms with van der Waals surface area (Å²) in [5.74, 6) is -1.90. The molecule has 8 nitrogen and oxygen atoms in total. The first-order chi connectivity index (χ1) is 12.7. The summed E-state index contributed by atoms with van der Waals surface area (Å²) in [6.45, 7) is -1.08. The molecule has 0 bridgehead atoms. The second kappa shape index (κ2) is 8.08. The molecule has 2 saturated heterocycles. The maximum Gasteiger partial charge on any atom is 0.329 e.